The molecule has 0 saturated carbocycles. The van der Waals surface area contributed by atoms with Gasteiger partial charge in [0, 0.05) is 18.7 Å². The summed E-state index contributed by atoms with van der Waals surface area (Å²) in [4.78, 5) is 26.2. The molecule has 124 valence electrons. The number of nitrogens with one attached hydrogen (secondary N) is 1. The van der Waals surface area contributed by atoms with E-state index < -0.39 is 0 Å². The van der Waals surface area contributed by atoms with Gasteiger partial charge in [-0.2, -0.15) is 0 Å². The number of hydrogen-bond donors (Lipinski definition) is 1. The van der Waals surface area contributed by atoms with Crippen LogP contribution in [0.1, 0.15) is 23.1 Å². The van der Waals surface area contributed by atoms with Crippen molar-refractivity contribution in [2.75, 3.05) is 11.4 Å². The smallest absolute Gasteiger partial charge is 0.229 e. The molecule has 0 unspecified atom stereocenters. The number of aryl methyl sites for hydroxylation is 2. The van der Waals surface area contributed by atoms with Crippen LogP contribution < -0.4 is 10.2 Å². The number of nitrogens with zero attached hydrogens (tertiary/aromatic N) is 1. The van der Waals surface area contributed by atoms with Gasteiger partial charge < -0.3 is 10.2 Å². The molecule has 0 aliphatic carbocycles. The van der Waals surface area contributed by atoms with Crippen LogP contribution in [0, 0.1) is 13.8 Å². The van der Waals surface area contributed by atoms with Crippen molar-refractivity contribution >= 4 is 17.5 Å². The first-order chi connectivity index (χ1) is 11.5. The van der Waals surface area contributed by atoms with Crippen LogP contribution in [0.15, 0.2) is 48.5 Å². The van der Waals surface area contributed by atoms with Gasteiger partial charge in [-0.05, 0) is 31.5 Å². The minimum atomic E-state index is -0.129. The lowest BCUT2D eigenvalue weighted by Gasteiger charge is -2.17. The predicted octanol–water partition coefficient (Wildman–Crippen LogP) is 2.77. The van der Waals surface area contributed by atoms with Gasteiger partial charge in [-0.25, -0.2) is 0 Å². The summed E-state index contributed by atoms with van der Waals surface area (Å²) in [5.74, 6) is 0.0175. The van der Waals surface area contributed by atoms with Crippen LogP contribution in [0.4, 0.5) is 5.69 Å². The molecule has 2 aromatic rings. The molecule has 1 saturated heterocycles. The van der Waals surface area contributed by atoms with Crippen molar-refractivity contribution in [1.82, 2.24) is 5.32 Å². The summed E-state index contributed by atoms with van der Waals surface area (Å²) in [6, 6.07) is 15.7. The zero-order chi connectivity index (χ0) is 17.1. The second-order valence-corrected chi connectivity index (χ2v) is 6.47. The van der Waals surface area contributed by atoms with Crippen LogP contribution >= 0.6 is 0 Å². The van der Waals surface area contributed by atoms with E-state index in [2.05, 4.69) is 5.32 Å². The van der Waals surface area contributed by atoms with Gasteiger partial charge in [0.1, 0.15) is 0 Å². The average Bonchev–Trinajstić information content (AvgIpc) is 2.88. The minimum absolute atomic E-state index is 0.0378. The molecule has 24 heavy (non-hydrogen) atoms. The van der Waals surface area contributed by atoms with E-state index in [1.807, 2.05) is 62.4 Å². The Balaban J connectivity index is 1.59. The highest BCUT2D eigenvalue weighted by molar-refractivity contribution is 5.96. The number of carbonyl (C=O) groups excluding carboxylic acids is 2. The number of carbonyl (C=O) groups is 2. The Bertz CT molecular complexity index is 752. The molecule has 1 aliphatic heterocycles. The van der Waals surface area contributed by atoms with Crippen LogP contribution in [-0.4, -0.2) is 24.4 Å². The van der Waals surface area contributed by atoms with Gasteiger partial charge in [0.15, 0.2) is 0 Å². The van der Waals surface area contributed by atoms with E-state index in [-0.39, 0.29) is 17.9 Å². The van der Waals surface area contributed by atoms with E-state index in [9.17, 15) is 9.59 Å². The van der Waals surface area contributed by atoms with E-state index >= 15 is 0 Å². The summed E-state index contributed by atoms with van der Waals surface area (Å²) >= 11 is 0. The van der Waals surface area contributed by atoms with Gasteiger partial charge in [-0.3, -0.25) is 9.59 Å². The topological polar surface area (TPSA) is 49.4 Å². The molecule has 1 aliphatic rings. The first-order valence-electron chi connectivity index (χ1n) is 8.23. The maximum atomic E-state index is 12.2. The van der Waals surface area contributed by atoms with Gasteiger partial charge >= 0.3 is 0 Å². The van der Waals surface area contributed by atoms with Crippen molar-refractivity contribution in [2.24, 2.45) is 0 Å². The third-order valence-corrected chi connectivity index (χ3v) is 4.28. The Hall–Kier alpha value is -2.62. The normalized spacial score (nSPS) is 17.2. The highest BCUT2D eigenvalue weighted by Crippen LogP contribution is 2.22. The van der Waals surface area contributed by atoms with E-state index in [1.54, 1.807) is 4.90 Å². The molecule has 1 fully saturated rings. The van der Waals surface area contributed by atoms with Crippen molar-refractivity contribution < 1.29 is 9.59 Å². The van der Waals surface area contributed by atoms with Gasteiger partial charge in [0.25, 0.3) is 0 Å². The zero-order valence-electron chi connectivity index (χ0n) is 14.1. The van der Waals surface area contributed by atoms with Crippen LogP contribution in [0.3, 0.4) is 0 Å². The van der Waals surface area contributed by atoms with E-state index in [1.165, 1.54) is 0 Å². The summed E-state index contributed by atoms with van der Waals surface area (Å²) in [7, 11) is 0. The zero-order valence-corrected chi connectivity index (χ0v) is 14.1. The first kappa shape index (κ1) is 16.2. The summed E-state index contributed by atoms with van der Waals surface area (Å²) in [5, 5.41) is 2.99. The Morgan fingerprint density at radius 2 is 1.88 bits per heavy atom. The Kier molecular flexibility index (Phi) is 4.65. The molecule has 1 heterocycles. The van der Waals surface area contributed by atoms with Crippen LogP contribution in [0.2, 0.25) is 0 Å². The maximum absolute atomic E-state index is 12.2. The van der Waals surface area contributed by atoms with Crippen molar-refractivity contribution in [2.45, 2.75) is 32.7 Å². The van der Waals surface area contributed by atoms with Gasteiger partial charge in [0.2, 0.25) is 11.8 Å². The molecular formula is C20H22N2O2. The third-order valence-electron chi connectivity index (χ3n) is 4.28. The Morgan fingerprint density at radius 1 is 1.12 bits per heavy atom. The summed E-state index contributed by atoms with van der Waals surface area (Å²) < 4.78 is 0. The fourth-order valence-corrected chi connectivity index (χ4v) is 3.06. The summed E-state index contributed by atoms with van der Waals surface area (Å²) in [6.07, 6.45) is 0.699. The highest BCUT2D eigenvalue weighted by Gasteiger charge is 2.31. The number of amides is 2. The fraction of sp³-hybridized carbons (Fsp3) is 0.300. The van der Waals surface area contributed by atoms with Crippen LogP contribution in [0.5, 0.6) is 0 Å². The summed E-state index contributed by atoms with van der Waals surface area (Å²) in [6.45, 7) is 4.56. The first-order valence-corrected chi connectivity index (χ1v) is 8.23. The molecule has 3 rings (SSSR count). The number of hydrogen-bond acceptors (Lipinski definition) is 2. The lowest BCUT2D eigenvalue weighted by atomic mass is 10.1. The molecule has 4 nitrogen and oxygen atoms in total. The number of anilines is 1. The lowest BCUT2D eigenvalue weighted by Crippen LogP contribution is -2.38. The Morgan fingerprint density at radius 3 is 2.58 bits per heavy atom. The largest absolute Gasteiger partial charge is 0.351 e. The van der Waals surface area contributed by atoms with Crippen LogP contribution in [0.25, 0.3) is 0 Å². The molecule has 0 spiro atoms. The summed E-state index contributed by atoms with van der Waals surface area (Å²) in [5.41, 5.74) is 4.18. The molecule has 2 amide bonds. The second kappa shape index (κ2) is 6.87. The van der Waals surface area contributed by atoms with E-state index in [4.69, 9.17) is 0 Å². The van der Waals surface area contributed by atoms with E-state index in [0.29, 0.717) is 19.4 Å². The van der Waals surface area contributed by atoms with Crippen molar-refractivity contribution in [3.05, 3.63) is 65.2 Å². The third kappa shape index (κ3) is 3.82. The Labute approximate surface area is 142 Å². The number of rotatable bonds is 4. The molecular weight excluding hydrogens is 300 g/mol. The van der Waals surface area contributed by atoms with Gasteiger partial charge in [0.05, 0.1) is 12.5 Å². The lowest BCUT2D eigenvalue weighted by molar-refractivity contribution is -0.121. The quantitative estimate of drug-likeness (QED) is 0.941. The van der Waals surface area contributed by atoms with Crippen molar-refractivity contribution in [1.29, 1.82) is 0 Å². The minimum Gasteiger partial charge on any atom is -0.351 e. The SMILES string of the molecule is Cc1ccc(N2C[C@@H](NC(=O)Cc3cccc(C)c3)CC2=O)cc1. The van der Waals surface area contributed by atoms with E-state index in [0.717, 1.165) is 22.4 Å². The van der Waals surface area contributed by atoms with Crippen molar-refractivity contribution in [3.8, 4) is 0 Å². The van der Waals surface area contributed by atoms with Crippen LogP contribution in [-0.2, 0) is 16.0 Å². The molecule has 1 N–H and O–H groups in total. The standard InChI is InChI=1S/C20H22N2O2/c1-14-6-8-18(9-7-14)22-13-17(12-20(22)24)21-19(23)11-16-5-3-4-15(2)10-16/h3-10,17H,11-13H2,1-2H3,(H,21,23)/t17-/m0/s1. The monoisotopic (exact) mass is 322 g/mol. The molecule has 0 bridgehead atoms. The second-order valence-electron chi connectivity index (χ2n) is 6.47. The average molecular weight is 322 g/mol. The predicted molar refractivity (Wildman–Crippen MR) is 95.0 cm³/mol. The highest BCUT2D eigenvalue weighted by atomic mass is 16.2. The van der Waals surface area contributed by atoms with Crippen molar-refractivity contribution in [3.63, 3.8) is 0 Å². The van der Waals surface area contributed by atoms with Gasteiger partial charge in [-0.15, -0.1) is 0 Å². The number of benzene rings is 2. The molecule has 1 atom stereocenters. The molecule has 2 aromatic carbocycles. The molecule has 4 heteroatoms. The van der Waals surface area contributed by atoms with Gasteiger partial charge in [-0.1, -0.05) is 47.5 Å². The maximum Gasteiger partial charge on any atom is 0.229 e. The fourth-order valence-electron chi connectivity index (χ4n) is 3.06. The molecule has 0 radical (unpaired) electrons. The molecule has 0 aromatic heterocycles.